The molecular formula is C9H16ClNOS. The van der Waals surface area contributed by atoms with E-state index in [1.54, 1.807) is 5.54 Å². The van der Waals surface area contributed by atoms with Crippen LogP contribution >= 0.6 is 11.6 Å². The molecule has 1 aliphatic heterocycles. The van der Waals surface area contributed by atoms with Gasteiger partial charge in [-0.25, -0.2) is 0 Å². The number of hydrogen-bond acceptors (Lipinski definition) is 2. The van der Waals surface area contributed by atoms with Crippen LogP contribution in [0.5, 0.6) is 0 Å². The summed E-state index contributed by atoms with van der Waals surface area (Å²) in [5.74, 6) is 1.70. The second kappa shape index (κ2) is 5.78. The van der Waals surface area contributed by atoms with Gasteiger partial charge in [-0.05, 0) is 25.3 Å². The molecule has 0 aliphatic carbocycles. The van der Waals surface area contributed by atoms with Crippen LogP contribution in [-0.4, -0.2) is 28.3 Å². The highest BCUT2D eigenvalue weighted by Crippen LogP contribution is 2.09. The zero-order valence-electron chi connectivity index (χ0n) is 7.88. The summed E-state index contributed by atoms with van der Waals surface area (Å²) in [5, 5.41) is 3.41. The highest BCUT2D eigenvalue weighted by atomic mass is 35.5. The molecule has 76 valence electrons. The molecule has 0 bridgehead atoms. The van der Waals surface area contributed by atoms with Crippen molar-refractivity contribution in [2.45, 2.75) is 25.8 Å². The smallest absolute Gasteiger partial charge is 0.0249 e. The molecule has 0 spiro atoms. The van der Waals surface area contributed by atoms with E-state index < -0.39 is 10.8 Å². The first-order chi connectivity index (χ1) is 6.22. The average molecular weight is 222 g/mol. The normalized spacial score (nSPS) is 30.5. The van der Waals surface area contributed by atoms with Gasteiger partial charge in [-0.15, -0.1) is 0 Å². The van der Waals surface area contributed by atoms with Crippen molar-refractivity contribution in [2.75, 3.05) is 18.1 Å². The number of halogens is 1. The molecular weight excluding hydrogens is 206 g/mol. The van der Waals surface area contributed by atoms with Gasteiger partial charge in [-0.3, -0.25) is 4.21 Å². The van der Waals surface area contributed by atoms with E-state index in [9.17, 15) is 4.21 Å². The zero-order chi connectivity index (χ0) is 9.68. The van der Waals surface area contributed by atoms with E-state index >= 15 is 0 Å². The van der Waals surface area contributed by atoms with Crippen molar-refractivity contribution in [3.63, 3.8) is 0 Å². The van der Waals surface area contributed by atoms with Crippen LogP contribution in [0.1, 0.15) is 19.8 Å². The molecule has 0 saturated carbocycles. The Labute approximate surface area is 87.2 Å². The average Bonchev–Trinajstić information content (AvgIpc) is 2.16. The largest absolute Gasteiger partial charge is 0.310 e. The maximum absolute atomic E-state index is 11.1. The lowest BCUT2D eigenvalue weighted by atomic mass is 10.1. The molecule has 1 N–H and O–H groups in total. The van der Waals surface area contributed by atoms with Crippen LogP contribution in [0.2, 0.25) is 0 Å². The second-order valence-electron chi connectivity index (χ2n) is 3.46. The highest BCUT2D eigenvalue weighted by Gasteiger charge is 2.16. The van der Waals surface area contributed by atoms with Gasteiger partial charge < -0.3 is 5.32 Å². The molecule has 0 atom stereocenters. The maximum atomic E-state index is 11.1. The van der Waals surface area contributed by atoms with Gasteiger partial charge in [0.15, 0.2) is 0 Å². The third-order valence-corrected chi connectivity index (χ3v) is 4.00. The quantitative estimate of drug-likeness (QED) is 0.785. The van der Waals surface area contributed by atoms with Crippen molar-refractivity contribution in [1.82, 2.24) is 5.32 Å². The molecule has 0 aromatic carbocycles. The predicted octanol–water partition coefficient (Wildman–Crippen LogP) is 1.63. The molecule has 0 aromatic heterocycles. The molecule has 4 heteroatoms. The Kier molecular flexibility index (Phi) is 4.99. The fourth-order valence-electron chi connectivity index (χ4n) is 1.34. The van der Waals surface area contributed by atoms with Crippen LogP contribution in [0.4, 0.5) is 0 Å². The van der Waals surface area contributed by atoms with E-state index in [1.165, 1.54) is 0 Å². The van der Waals surface area contributed by atoms with Gasteiger partial charge in [0.1, 0.15) is 0 Å². The predicted molar refractivity (Wildman–Crippen MR) is 58.5 cm³/mol. The van der Waals surface area contributed by atoms with E-state index in [4.69, 9.17) is 11.6 Å². The fourth-order valence-corrected chi connectivity index (χ4v) is 2.72. The van der Waals surface area contributed by atoms with E-state index in [-0.39, 0.29) is 0 Å². The number of hydrogen-bond donors (Lipinski definition) is 1. The minimum Gasteiger partial charge on any atom is -0.310 e. The van der Waals surface area contributed by atoms with Gasteiger partial charge in [-0.1, -0.05) is 11.6 Å². The Bertz CT molecular complexity index is 208. The Hall–Kier alpha value is 0.140. The van der Waals surface area contributed by atoms with Crippen molar-refractivity contribution in [3.05, 3.63) is 11.1 Å². The summed E-state index contributed by atoms with van der Waals surface area (Å²) in [4.78, 5) is 0. The van der Waals surface area contributed by atoms with Gasteiger partial charge >= 0.3 is 0 Å². The van der Waals surface area contributed by atoms with Crippen LogP contribution < -0.4 is 5.32 Å². The van der Waals surface area contributed by atoms with Crippen LogP contribution in [0.3, 0.4) is 0 Å². The van der Waals surface area contributed by atoms with E-state index in [0.717, 1.165) is 36.5 Å². The van der Waals surface area contributed by atoms with Gasteiger partial charge in [0, 0.05) is 40.4 Å². The van der Waals surface area contributed by atoms with Crippen molar-refractivity contribution < 1.29 is 4.21 Å². The minimum atomic E-state index is -0.558. The third-order valence-electron chi connectivity index (χ3n) is 2.24. The molecule has 0 aromatic rings. The van der Waals surface area contributed by atoms with Gasteiger partial charge in [0.05, 0.1) is 0 Å². The van der Waals surface area contributed by atoms with Crippen molar-refractivity contribution in [3.8, 4) is 0 Å². The summed E-state index contributed by atoms with van der Waals surface area (Å²) >= 11 is 5.54. The zero-order valence-corrected chi connectivity index (χ0v) is 9.46. The van der Waals surface area contributed by atoms with Crippen molar-refractivity contribution >= 4 is 22.4 Å². The first-order valence-electron chi connectivity index (χ1n) is 4.56. The Morgan fingerprint density at radius 2 is 2.23 bits per heavy atom. The summed E-state index contributed by atoms with van der Waals surface area (Å²) in [5.41, 5.74) is 2.75. The fraction of sp³-hybridized carbons (Fsp3) is 0.778. The third kappa shape index (κ3) is 4.25. The summed E-state index contributed by atoms with van der Waals surface area (Å²) in [6.45, 7) is 2.85. The van der Waals surface area contributed by atoms with Crippen molar-refractivity contribution in [1.29, 1.82) is 0 Å². The summed E-state index contributed by atoms with van der Waals surface area (Å²) in [6, 6.07) is 0.532. The Balaban J connectivity index is 2.19. The van der Waals surface area contributed by atoms with Crippen LogP contribution in [0.25, 0.3) is 0 Å². The minimum absolute atomic E-state index is 0.532. The van der Waals surface area contributed by atoms with Crippen LogP contribution in [0.15, 0.2) is 11.1 Å². The Morgan fingerprint density at radius 1 is 1.62 bits per heavy atom. The monoisotopic (exact) mass is 221 g/mol. The summed E-state index contributed by atoms with van der Waals surface area (Å²) < 4.78 is 11.1. The highest BCUT2D eigenvalue weighted by molar-refractivity contribution is 7.85. The van der Waals surface area contributed by atoms with E-state index in [2.05, 4.69) is 5.32 Å². The van der Waals surface area contributed by atoms with Gasteiger partial charge in [0.2, 0.25) is 0 Å². The van der Waals surface area contributed by atoms with Gasteiger partial charge in [-0.2, -0.15) is 0 Å². The summed E-state index contributed by atoms with van der Waals surface area (Å²) in [7, 11) is -0.558. The molecule has 1 saturated heterocycles. The molecule has 0 unspecified atom stereocenters. The SMILES string of the molecule is CC(=CCl)CNC1CCS(=O)CC1. The first kappa shape index (κ1) is 11.2. The van der Waals surface area contributed by atoms with Crippen LogP contribution in [0, 0.1) is 0 Å². The number of rotatable bonds is 3. The van der Waals surface area contributed by atoms with E-state index in [1.807, 2.05) is 6.92 Å². The topological polar surface area (TPSA) is 29.1 Å². The van der Waals surface area contributed by atoms with Gasteiger partial charge in [0.25, 0.3) is 0 Å². The lowest BCUT2D eigenvalue weighted by molar-refractivity contribution is 0.494. The molecule has 1 fully saturated rings. The molecule has 13 heavy (non-hydrogen) atoms. The number of nitrogens with one attached hydrogen (secondary N) is 1. The molecule has 1 rings (SSSR count). The molecule has 0 radical (unpaired) electrons. The second-order valence-corrected chi connectivity index (χ2v) is 5.37. The molecule has 2 nitrogen and oxygen atoms in total. The lowest BCUT2D eigenvalue weighted by Gasteiger charge is -2.22. The molecule has 1 heterocycles. The summed E-state index contributed by atoms with van der Waals surface area (Å²) in [6.07, 6.45) is 2.06. The van der Waals surface area contributed by atoms with Crippen molar-refractivity contribution in [2.24, 2.45) is 0 Å². The first-order valence-corrected chi connectivity index (χ1v) is 6.49. The molecule has 1 aliphatic rings. The lowest BCUT2D eigenvalue weighted by Crippen LogP contribution is -2.36. The molecule has 0 amide bonds. The van der Waals surface area contributed by atoms with E-state index in [0.29, 0.717) is 6.04 Å². The Morgan fingerprint density at radius 3 is 2.77 bits per heavy atom. The standard InChI is InChI=1S/C9H16ClNOS/c1-8(6-10)7-11-9-2-4-13(12)5-3-9/h6,9,11H,2-5,7H2,1H3. The maximum Gasteiger partial charge on any atom is 0.0249 e. The van der Waals surface area contributed by atoms with Crippen LogP contribution in [-0.2, 0) is 10.8 Å².